The van der Waals surface area contributed by atoms with Crippen molar-refractivity contribution in [3.8, 4) is 5.75 Å². The Labute approximate surface area is 149 Å². The molecule has 0 aliphatic heterocycles. The van der Waals surface area contributed by atoms with Crippen LogP contribution in [0.25, 0.3) is 0 Å². The smallest absolute Gasteiger partial charge is 0.320 e. The largest absolute Gasteiger partial charge is 0.497 e. The topological polar surface area (TPSA) is 61.8 Å². The Bertz CT molecular complexity index is 621. The van der Waals surface area contributed by atoms with Crippen molar-refractivity contribution >= 4 is 11.9 Å². The van der Waals surface area contributed by atoms with Crippen molar-refractivity contribution in [3.63, 3.8) is 0 Å². The molecule has 144 valence electrons. The van der Waals surface area contributed by atoms with Crippen LogP contribution in [0.2, 0.25) is 0 Å². The van der Waals surface area contributed by atoms with Gasteiger partial charge in [-0.1, -0.05) is 12.1 Å². The van der Waals surface area contributed by atoms with Gasteiger partial charge in [0.1, 0.15) is 5.75 Å². The highest BCUT2D eigenvalue weighted by atomic mass is 19.3. The van der Waals surface area contributed by atoms with Gasteiger partial charge in [-0.3, -0.25) is 9.59 Å². The number of halogens is 3. The van der Waals surface area contributed by atoms with Gasteiger partial charge in [0, 0.05) is 5.92 Å². The highest BCUT2D eigenvalue weighted by molar-refractivity contribution is 5.95. The molecule has 5 nitrogen and oxygen atoms in total. The number of benzene rings is 1. The Balaban J connectivity index is 3.24. The molecule has 0 aliphatic carbocycles. The van der Waals surface area contributed by atoms with E-state index in [0.717, 1.165) is 0 Å². The van der Waals surface area contributed by atoms with Crippen LogP contribution >= 0.6 is 0 Å². The van der Waals surface area contributed by atoms with Gasteiger partial charge in [-0.15, -0.1) is 0 Å². The Morgan fingerprint density at radius 2 is 1.46 bits per heavy atom. The molecule has 1 unspecified atom stereocenters. The maximum absolute atomic E-state index is 14.1. The molecule has 0 fully saturated rings. The number of hydrogen-bond donors (Lipinski definition) is 0. The zero-order chi connectivity index (χ0) is 19.7. The molecule has 0 N–H and O–H groups in total. The van der Waals surface area contributed by atoms with Crippen molar-refractivity contribution in [2.75, 3.05) is 20.3 Å². The number of rotatable bonds is 9. The predicted molar refractivity (Wildman–Crippen MR) is 87.5 cm³/mol. The van der Waals surface area contributed by atoms with Gasteiger partial charge in [0.05, 0.1) is 20.3 Å². The van der Waals surface area contributed by atoms with E-state index in [1.165, 1.54) is 45.2 Å². The van der Waals surface area contributed by atoms with Crippen LogP contribution in [0.15, 0.2) is 36.2 Å². The van der Waals surface area contributed by atoms with Gasteiger partial charge >= 0.3 is 18.0 Å². The fourth-order valence-corrected chi connectivity index (χ4v) is 2.36. The van der Waals surface area contributed by atoms with Gasteiger partial charge in [0.15, 0.2) is 11.7 Å². The van der Waals surface area contributed by atoms with Gasteiger partial charge in [-0.2, -0.15) is 8.78 Å². The van der Waals surface area contributed by atoms with Crippen LogP contribution in [0.5, 0.6) is 5.75 Å². The lowest BCUT2D eigenvalue weighted by Gasteiger charge is -2.20. The summed E-state index contributed by atoms with van der Waals surface area (Å²) in [5.41, 5.74) is 0.162. The summed E-state index contributed by atoms with van der Waals surface area (Å²) in [7, 11) is 1.42. The van der Waals surface area contributed by atoms with Crippen molar-refractivity contribution in [2.24, 2.45) is 5.92 Å². The molecule has 26 heavy (non-hydrogen) atoms. The lowest BCUT2D eigenvalue weighted by Crippen LogP contribution is -2.30. The minimum Gasteiger partial charge on any atom is -0.497 e. The molecule has 0 radical (unpaired) electrons. The first-order valence-electron chi connectivity index (χ1n) is 8.03. The predicted octanol–water partition coefficient (Wildman–Crippen LogP) is 3.99. The average Bonchev–Trinajstić information content (AvgIpc) is 2.62. The van der Waals surface area contributed by atoms with Gasteiger partial charge in [-0.05, 0) is 38.0 Å². The molecule has 0 aliphatic rings. The van der Waals surface area contributed by atoms with E-state index in [4.69, 9.17) is 14.2 Å². The van der Waals surface area contributed by atoms with Crippen LogP contribution in [0, 0.1) is 5.92 Å². The summed E-state index contributed by atoms with van der Waals surface area (Å²) >= 11 is 0. The minimum atomic E-state index is -2.52. The molecule has 0 amide bonds. The fraction of sp³-hybridized carbons (Fsp3) is 0.444. The van der Waals surface area contributed by atoms with Crippen LogP contribution in [-0.4, -0.2) is 32.3 Å². The SMILES string of the molecule is CCOC(=O)C(CC(C(F)=C(F)F)c1ccc(OC)cc1)C(=O)OCC. The summed E-state index contributed by atoms with van der Waals surface area (Å²) in [6, 6.07) is 5.71. The van der Waals surface area contributed by atoms with Gasteiger partial charge in [0.2, 0.25) is 0 Å². The first kappa shape index (κ1) is 21.5. The molecule has 0 spiro atoms. The third-order valence-electron chi connectivity index (χ3n) is 3.62. The van der Waals surface area contributed by atoms with Crippen molar-refractivity contribution in [2.45, 2.75) is 26.2 Å². The second-order valence-electron chi connectivity index (χ2n) is 5.23. The molecule has 0 bridgehead atoms. The van der Waals surface area contributed by atoms with E-state index in [2.05, 4.69) is 0 Å². The van der Waals surface area contributed by atoms with E-state index in [9.17, 15) is 22.8 Å². The third-order valence-corrected chi connectivity index (χ3v) is 3.62. The molecular weight excluding hydrogens is 353 g/mol. The van der Waals surface area contributed by atoms with Crippen molar-refractivity contribution in [1.29, 1.82) is 0 Å². The van der Waals surface area contributed by atoms with E-state index in [-0.39, 0.29) is 18.8 Å². The van der Waals surface area contributed by atoms with Crippen molar-refractivity contribution < 1.29 is 37.0 Å². The lowest BCUT2D eigenvalue weighted by atomic mass is 9.87. The normalized spacial score (nSPS) is 11.7. The second kappa shape index (κ2) is 10.5. The molecule has 1 atom stereocenters. The third kappa shape index (κ3) is 5.79. The maximum Gasteiger partial charge on any atom is 0.320 e. The summed E-state index contributed by atoms with van der Waals surface area (Å²) < 4.78 is 54.5. The molecule has 0 saturated heterocycles. The number of hydrogen-bond acceptors (Lipinski definition) is 5. The molecular formula is C18H21F3O5. The number of carbonyl (C=O) groups excluding carboxylic acids is 2. The second-order valence-corrected chi connectivity index (χ2v) is 5.23. The van der Waals surface area contributed by atoms with Crippen molar-refractivity contribution in [1.82, 2.24) is 0 Å². The lowest BCUT2D eigenvalue weighted by molar-refractivity contribution is -0.162. The number of ether oxygens (including phenoxy) is 3. The molecule has 1 aromatic rings. The van der Waals surface area contributed by atoms with E-state index in [1.54, 1.807) is 0 Å². The summed E-state index contributed by atoms with van der Waals surface area (Å²) in [5, 5.41) is 0. The zero-order valence-electron chi connectivity index (χ0n) is 14.8. The van der Waals surface area contributed by atoms with E-state index < -0.39 is 42.1 Å². The van der Waals surface area contributed by atoms with Gasteiger partial charge in [-0.25, -0.2) is 4.39 Å². The van der Waals surface area contributed by atoms with Gasteiger partial charge < -0.3 is 14.2 Å². The minimum absolute atomic E-state index is 0.0161. The van der Waals surface area contributed by atoms with Crippen LogP contribution in [0.4, 0.5) is 13.2 Å². The molecule has 1 rings (SSSR count). The quantitative estimate of drug-likeness (QED) is 0.483. The zero-order valence-corrected chi connectivity index (χ0v) is 14.8. The maximum atomic E-state index is 14.1. The Morgan fingerprint density at radius 3 is 1.85 bits per heavy atom. The highest BCUT2D eigenvalue weighted by Gasteiger charge is 2.35. The summed E-state index contributed by atoms with van der Waals surface area (Å²) in [6.07, 6.45) is -3.06. The highest BCUT2D eigenvalue weighted by Crippen LogP contribution is 2.36. The fourth-order valence-electron chi connectivity index (χ4n) is 2.36. The van der Waals surface area contributed by atoms with Crippen LogP contribution in [-0.2, 0) is 19.1 Å². The Morgan fingerprint density at radius 1 is 0.962 bits per heavy atom. The number of esters is 2. The molecule has 0 heterocycles. The Kier molecular flexibility index (Phi) is 8.67. The summed E-state index contributed by atoms with van der Waals surface area (Å²) in [6.45, 7) is 3.03. The summed E-state index contributed by atoms with van der Waals surface area (Å²) in [5.74, 6) is -6.19. The van der Waals surface area contributed by atoms with E-state index in [0.29, 0.717) is 5.75 Å². The molecule has 0 saturated carbocycles. The first-order valence-corrected chi connectivity index (χ1v) is 8.03. The Hall–Kier alpha value is -2.51. The molecule has 8 heteroatoms. The summed E-state index contributed by atoms with van der Waals surface area (Å²) in [4.78, 5) is 24.1. The monoisotopic (exact) mass is 374 g/mol. The number of carbonyl (C=O) groups is 2. The number of methoxy groups -OCH3 is 1. The molecule has 0 aromatic heterocycles. The van der Waals surface area contributed by atoms with Crippen LogP contribution in [0.1, 0.15) is 31.7 Å². The van der Waals surface area contributed by atoms with Crippen molar-refractivity contribution in [3.05, 3.63) is 41.7 Å². The van der Waals surface area contributed by atoms with Crippen LogP contribution in [0.3, 0.4) is 0 Å². The van der Waals surface area contributed by atoms with E-state index in [1.807, 2.05) is 0 Å². The van der Waals surface area contributed by atoms with Crippen LogP contribution < -0.4 is 4.74 Å². The standard InChI is InChI=1S/C18H21F3O5/c1-4-25-17(22)14(18(23)26-5-2)10-13(15(19)16(20)21)11-6-8-12(24-3)9-7-11/h6-9,13-14H,4-5,10H2,1-3H3. The first-order chi connectivity index (χ1) is 12.3. The number of allylic oxidation sites excluding steroid dienone is 1. The van der Waals surface area contributed by atoms with Gasteiger partial charge in [0.25, 0.3) is 0 Å². The average molecular weight is 374 g/mol. The molecule has 1 aromatic carbocycles. The van der Waals surface area contributed by atoms with E-state index >= 15 is 0 Å².